The zero-order chi connectivity index (χ0) is 13.8. The van der Waals surface area contributed by atoms with Gasteiger partial charge in [0.25, 0.3) is 0 Å². The Morgan fingerprint density at radius 2 is 1.74 bits per heavy atom. The third-order valence-electron chi connectivity index (χ3n) is 2.73. The van der Waals surface area contributed by atoms with Crippen LogP contribution in [-0.2, 0) is 0 Å². The summed E-state index contributed by atoms with van der Waals surface area (Å²) in [6.07, 6.45) is 0. The van der Waals surface area contributed by atoms with E-state index in [4.69, 9.17) is 27.8 Å². The van der Waals surface area contributed by atoms with Crippen LogP contribution in [0.15, 0.2) is 42.5 Å². The van der Waals surface area contributed by atoms with Crippen LogP contribution < -0.4 is 16.2 Å². The van der Waals surface area contributed by atoms with Crippen molar-refractivity contribution in [2.45, 2.75) is 0 Å². The molecule has 19 heavy (non-hydrogen) atoms. The van der Waals surface area contributed by atoms with E-state index < -0.39 is 0 Å². The van der Waals surface area contributed by atoms with Crippen molar-refractivity contribution in [1.82, 2.24) is 0 Å². The summed E-state index contributed by atoms with van der Waals surface area (Å²) in [6, 6.07) is 11.8. The average Bonchev–Trinajstić information content (AvgIpc) is 2.42. The number of rotatable bonds is 4. The van der Waals surface area contributed by atoms with E-state index in [1.165, 1.54) is 0 Å². The van der Waals surface area contributed by atoms with Gasteiger partial charge in [-0.25, -0.2) is 0 Å². The van der Waals surface area contributed by atoms with Crippen LogP contribution in [0.25, 0.3) is 0 Å². The summed E-state index contributed by atoms with van der Waals surface area (Å²) in [6.45, 7) is 0. The first-order valence-corrected chi connectivity index (χ1v) is 6.15. The molecular weight excluding hydrogens is 264 g/mol. The largest absolute Gasteiger partial charge is 0.477 e. The molecule has 0 radical (unpaired) electrons. The first-order chi connectivity index (χ1) is 9.15. The Labute approximate surface area is 115 Å². The molecule has 0 aliphatic carbocycles. The second-order valence-electron chi connectivity index (χ2n) is 3.89. The first-order valence-electron chi connectivity index (χ1n) is 5.61. The highest BCUT2D eigenvalue weighted by Gasteiger charge is 2.17. The maximum Gasteiger partial charge on any atom is 0.198 e. The van der Waals surface area contributed by atoms with Gasteiger partial charge in [0, 0.05) is 5.56 Å². The van der Waals surface area contributed by atoms with E-state index in [-0.39, 0.29) is 17.5 Å². The Hall–Kier alpha value is -2.20. The van der Waals surface area contributed by atoms with Gasteiger partial charge in [-0.15, -0.1) is 0 Å². The van der Waals surface area contributed by atoms with Crippen molar-refractivity contribution in [1.29, 1.82) is 0 Å². The number of carbonyl (C=O) groups excluding carboxylic acids is 1. The molecule has 0 saturated carbocycles. The summed E-state index contributed by atoms with van der Waals surface area (Å²) >= 11 is 5.54. The molecular formula is C14H13ClN2O2. The molecule has 0 bridgehead atoms. The lowest BCUT2D eigenvalue weighted by atomic mass is 10.0. The van der Waals surface area contributed by atoms with Crippen LogP contribution in [0.4, 0.5) is 11.4 Å². The minimum atomic E-state index is -0.245. The second kappa shape index (κ2) is 5.63. The molecule has 0 atom stereocenters. The van der Waals surface area contributed by atoms with Crippen molar-refractivity contribution in [2.24, 2.45) is 0 Å². The highest BCUT2D eigenvalue weighted by Crippen LogP contribution is 2.26. The monoisotopic (exact) mass is 276 g/mol. The number of ether oxygens (including phenoxy) is 1. The summed E-state index contributed by atoms with van der Waals surface area (Å²) in [4.78, 5) is 12.5. The van der Waals surface area contributed by atoms with Gasteiger partial charge in [0.1, 0.15) is 5.75 Å². The lowest BCUT2D eigenvalue weighted by Crippen LogP contribution is -2.09. The van der Waals surface area contributed by atoms with Gasteiger partial charge in [-0.3, -0.25) is 4.79 Å². The Bertz CT molecular complexity index is 614. The van der Waals surface area contributed by atoms with E-state index in [9.17, 15) is 4.79 Å². The van der Waals surface area contributed by atoms with Crippen LogP contribution in [0.5, 0.6) is 5.75 Å². The zero-order valence-corrected chi connectivity index (χ0v) is 10.9. The summed E-state index contributed by atoms with van der Waals surface area (Å²) in [7, 11) is 0. The fourth-order valence-corrected chi connectivity index (χ4v) is 1.88. The molecule has 0 fully saturated rings. The number of carbonyl (C=O) groups is 1. The number of para-hydroxylation sites is 2. The van der Waals surface area contributed by atoms with Gasteiger partial charge in [0.05, 0.1) is 16.9 Å². The van der Waals surface area contributed by atoms with Crippen molar-refractivity contribution < 1.29 is 9.53 Å². The normalized spacial score (nSPS) is 10.2. The lowest BCUT2D eigenvalue weighted by molar-refractivity contribution is 0.103. The van der Waals surface area contributed by atoms with E-state index >= 15 is 0 Å². The smallest absolute Gasteiger partial charge is 0.198 e. The summed E-state index contributed by atoms with van der Waals surface area (Å²) in [5, 5.41) is 0. The van der Waals surface area contributed by atoms with Crippen molar-refractivity contribution in [2.75, 3.05) is 17.5 Å². The van der Waals surface area contributed by atoms with Crippen LogP contribution in [0.3, 0.4) is 0 Å². The van der Waals surface area contributed by atoms with Crippen LogP contribution in [0.1, 0.15) is 15.9 Å². The van der Waals surface area contributed by atoms with Crippen LogP contribution in [0.2, 0.25) is 0 Å². The Kier molecular flexibility index (Phi) is 3.92. The van der Waals surface area contributed by atoms with Crippen LogP contribution in [-0.4, -0.2) is 11.8 Å². The van der Waals surface area contributed by atoms with E-state index in [2.05, 4.69) is 0 Å². The SMILES string of the molecule is Nc1cccc(C(=O)c2ccccc2OCCl)c1N. The molecule has 0 aliphatic heterocycles. The topological polar surface area (TPSA) is 78.3 Å². The fourth-order valence-electron chi connectivity index (χ4n) is 1.77. The number of nitrogen functional groups attached to an aromatic ring is 2. The predicted molar refractivity (Wildman–Crippen MR) is 76.5 cm³/mol. The molecule has 0 aliphatic rings. The van der Waals surface area contributed by atoms with Gasteiger partial charge < -0.3 is 16.2 Å². The molecule has 2 aromatic carbocycles. The molecule has 2 rings (SSSR count). The average molecular weight is 277 g/mol. The summed E-state index contributed by atoms with van der Waals surface area (Å²) in [5.74, 6) is 0.176. The van der Waals surface area contributed by atoms with Crippen LogP contribution >= 0.6 is 11.6 Å². The molecule has 4 nitrogen and oxygen atoms in total. The Morgan fingerprint density at radius 3 is 2.47 bits per heavy atom. The van der Waals surface area contributed by atoms with Gasteiger partial charge in [0.15, 0.2) is 11.8 Å². The van der Waals surface area contributed by atoms with Gasteiger partial charge in [-0.2, -0.15) is 0 Å². The van der Waals surface area contributed by atoms with E-state index in [1.54, 1.807) is 42.5 Å². The maximum atomic E-state index is 12.5. The number of hydrogen-bond donors (Lipinski definition) is 2. The van der Waals surface area contributed by atoms with Gasteiger partial charge in [0.2, 0.25) is 0 Å². The molecule has 0 aromatic heterocycles. The summed E-state index contributed by atoms with van der Waals surface area (Å²) < 4.78 is 5.22. The highest BCUT2D eigenvalue weighted by atomic mass is 35.5. The van der Waals surface area contributed by atoms with Gasteiger partial charge in [-0.05, 0) is 24.3 Å². The molecule has 98 valence electrons. The Morgan fingerprint density at radius 1 is 1.05 bits per heavy atom. The molecule has 0 heterocycles. The third-order valence-corrected chi connectivity index (χ3v) is 2.84. The van der Waals surface area contributed by atoms with Crippen molar-refractivity contribution in [3.05, 3.63) is 53.6 Å². The van der Waals surface area contributed by atoms with Crippen LogP contribution in [0, 0.1) is 0 Å². The van der Waals surface area contributed by atoms with Gasteiger partial charge >= 0.3 is 0 Å². The minimum Gasteiger partial charge on any atom is -0.477 e. The first kappa shape index (κ1) is 13.2. The fraction of sp³-hybridized carbons (Fsp3) is 0.0714. The minimum absolute atomic E-state index is 0.0310. The molecule has 0 saturated heterocycles. The molecule has 0 amide bonds. The molecule has 4 N–H and O–H groups in total. The third kappa shape index (κ3) is 2.63. The molecule has 0 unspecified atom stereocenters. The lowest BCUT2D eigenvalue weighted by Gasteiger charge is -2.10. The second-order valence-corrected chi connectivity index (χ2v) is 4.11. The number of hydrogen-bond acceptors (Lipinski definition) is 4. The van der Waals surface area contributed by atoms with E-state index in [0.717, 1.165) is 0 Å². The Balaban J connectivity index is 2.47. The standard InChI is InChI=1S/C14H13ClN2O2/c15-8-19-12-7-2-1-4-9(12)14(18)10-5-3-6-11(16)13(10)17/h1-7H,8,16-17H2. The predicted octanol–water partition coefficient (Wildman–Crippen LogP) is 2.66. The number of anilines is 2. The highest BCUT2D eigenvalue weighted by molar-refractivity contribution is 6.17. The van der Waals surface area contributed by atoms with E-state index in [1.807, 2.05) is 0 Å². The molecule has 0 spiro atoms. The molecule has 5 heteroatoms. The molecule has 2 aromatic rings. The number of nitrogens with two attached hydrogens (primary N) is 2. The van der Waals surface area contributed by atoms with Crippen molar-refractivity contribution >= 4 is 28.8 Å². The number of benzene rings is 2. The maximum absolute atomic E-state index is 12.5. The number of alkyl halides is 1. The summed E-state index contributed by atoms with van der Waals surface area (Å²) in [5.41, 5.74) is 12.9. The zero-order valence-electron chi connectivity index (χ0n) is 10.1. The number of halogens is 1. The quantitative estimate of drug-likeness (QED) is 0.511. The van der Waals surface area contributed by atoms with Crippen molar-refractivity contribution in [3.8, 4) is 5.75 Å². The van der Waals surface area contributed by atoms with E-state index in [0.29, 0.717) is 22.6 Å². The van der Waals surface area contributed by atoms with Gasteiger partial charge in [-0.1, -0.05) is 29.8 Å². The van der Waals surface area contributed by atoms with Crippen molar-refractivity contribution in [3.63, 3.8) is 0 Å². The number of ketones is 1.